The van der Waals surface area contributed by atoms with Crippen LogP contribution in [0.2, 0.25) is 5.02 Å². The van der Waals surface area contributed by atoms with Gasteiger partial charge in [0.2, 0.25) is 5.82 Å². The summed E-state index contributed by atoms with van der Waals surface area (Å²) in [5.74, 6) is 0.621. The van der Waals surface area contributed by atoms with Gasteiger partial charge < -0.3 is 19.9 Å². The van der Waals surface area contributed by atoms with Gasteiger partial charge in [-0.15, -0.1) is 0 Å². The van der Waals surface area contributed by atoms with Crippen molar-refractivity contribution >= 4 is 23.3 Å². The molecule has 0 saturated heterocycles. The zero-order chi connectivity index (χ0) is 22.8. The number of aromatic nitrogens is 2. The van der Waals surface area contributed by atoms with E-state index in [9.17, 15) is 13.6 Å². The van der Waals surface area contributed by atoms with E-state index in [2.05, 4.69) is 25.5 Å². The highest BCUT2D eigenvalue weighted by Crippen LogP contribution is 2.39. The molecule has 0 unspecified atom stereocenters. The van der Waals surface area contributed by atoms with Gasteiger partial charge in [0.25, 0.3) is 5.89 Å². The lowest BCUT2D eigenvalue weighted by Crippen LogP contribution is -2.46. The standard InChI is InChI=1S/C22H21ClF2N4O3/c1-21(24,25)31-17-10-4-14(5-11-17)18-27-19(32-29-18)22(12-2-3-13-22)28-20(30)26-16-8-6-15(23)7-9-16/h4-11H,2-3,12-13H2,1H3,(H2,26,28,30). The third-order valence-electron chi connectivity index (χ3n) is 5.16. The van der Waals surface area contributed by atoms with Crippen LogP contribution in [-0.2, 0) is 5.54 Å². The number of carbonyl (C=O) groups excluding carboxylic acids is 1. The molecular formula is C22H21ClF2N4O3. The van der Waals surface area contributed by atoms with Crippen LogP contribution in [0.25, 0.3) is 11.4 Å². The van der Waals surface area contributed by atoms with E-state index >= 15 is 0 Å². The number of hydrogen-bond donors (Lipinski definition) is 2. The number of benzene rings is 2. The molecule has 0 radical (unpaired) electrons. The molecule has 32 heavy (non-hydrogen) atoms. The average molecular weight is 463 g/mol. The second-order valence-electron chi connectivity index (χ2n) is 7.73. The number of nitrogens with zero attached hydrogens (tertiary/aromatic N) is 2. The molecule has 2 amide bonds. The fourth-order valence-corrected chi connectivity index (χ4v) is 3.82. The molecule has 7 nitrogen and oxygen atoms in total. The molecule has 1 aliphatic carbocycles. The highest BCUT2D eigenvalue weighted by molar-refractivity contribution is 6.30. The number of halogens is 3. The SMILES string of the molecule is CC(F)(F)Oc1ccc(-c2noc(C3(NC(=O)Nc4ccc(Cl)cc4)CCCC3)n2)cc1. The van der Waals surface area contributed by atoms with Crippen molar-refractivity contribution in [2.75, 3.05) is 5.32 Å². The van der Waals surface area contributed by atoms with Gasteiger partial charge in [-0.2, -0.15) is 13.8 Å². The summed E-state index contributed by atoms with van der Waals surface area (Å²) >= 11 is 5.88. The van der Waals surface area contributed by atoms with Crippen LogP contribution in [0.15, 0.2) is 53.1 Å². The van der Waals surface area contributed by atoms with Gasteiger partial charge in [-0.1, -0.05) is 29.6 Å². The average Bonchev–Trinajstić information content (AvgIpc) is 3.40. The number of anilines is 1. The Kier molecular flexibility index (Phi) is 6.01. The van der Waals surface area contributed by atoms with Crippen LogP contribution in [-0.4, -0.2) is 22.3 Å². The van der Waals surface area contributed by atoms with E-state index in [-0.39, 0.29) is 5.75 Å². The lowest BCUT2D eigenvalue weighted by Gasteiger charge is -2.26. The van der Waals surface area contributed by atoms with Gasteiger partial charge in [-0.3, -0.25) is 0 Å². The van der Waals surface area contributed by atoms with Gasteiger partial charge in [0.1, 0.15) is 11.3 Å². The minimum absolute atomic E-state index is 0.0257. The Balaban J connectivity index is 1.50. The summed E-state index contributed by atoms with van der Waals surface area (Å²) < 4.78 is 36.1. The van der Waals surface area contributed by atoms with Crippen molar-refractivity contribution in [3.05, 3.63) is 59.4 Å². The maximum Gasteiger partial charge on any atom is 0.394 e. The molecule has 1 aliphatic rings. The number of rotatable bonds is 6. The van der Waals surface area contributed by atoms with Gasteiger partial charge in [0.05, 0.1) is 0 Å². The third kappa shape index (κ3) is 5.16. The minimum atomic E-state index is -3.27. The molecule has 2 N–H and O–H groups in total. The van der Waals surface area contributed by atoms with E-state index in [0.29, 0.717) is 47.8 Å². The first-order chi connectivity index (χ1) is 15.2. The Morgan fingerprint density at radius 3 is 2.41 bits per heavy atom. The number of urea groups is 1. The van der Waals surface area contributed by atoms with Crippen LogP contribution < -0.4 is 15.4 Å². The highest BCUT2D eigenvalue weighted by Gasteiger charge is 2.42. The van der Waals surface area contributed by atoms with Crippen molar-refractivity contribution in [3.63, 3.8) is 0 Å². The summed E-state index contributed by atoms with van der Waals surface area (Å²) in [5.41, 5.74) is 0.395. The number of carbonyl (C=O) groups is 1. The number of ether oxygens (including phenoxy) is 1. The zero-order valence-corrected chi connectivity index (χ0v) is 18.0. The first kappa shape index (κ1) is 22.0. The maximum absolute atomic E-state index is 13.0. The first-order valence-corrected chi connectivity index (χ1v) is 10.5. The largest absolute Gasteiger partial charge is 0.433 e. The molecular weight excluding hydrogens is 442 g/mol. The number of hydrogen-bond acceptors (Lipinski definition) is 5. The number of nitrogens with one attached hydrogen (secondary N) is 2. The number of amides is 2. The summed E-state index contributed by atoms with van der Waals surface area (Å²) in [7, 11) is 0. The fraction of sp³-hybridized carbons (Fsp3) is 0.318. The molecule has 0 aliphatic heterocycles. The Labute approximate surface area is 188 Å². The fourth-order valence-electron chi connectivity index (χ4n) is 3.70. The van der Waals surface area contributed by atoms with E-state index in [0.717, 1.165) is 12.8 Å². The second kappa shape index (κ2) is 8.74. The van der Waals surface area contributed by atoms with Crippen molar-refractivity contribution in [3.8, 4) is 17.1 Å². The van der Waals surface area contributed by atoms with Crippen LogP contribution in [0, 0.1) is 0 Å². The van der Waals surface area contributed by atoms with Gasteiger partial charge in [-0.05, 0) is 61.4 Å². The zero-order valence-electron chi connectivity index (χ0n) is 17.2. The predicted molar refractivity (Wildman–Crippen MR) is 115 cm³/mol. The first-order valence-electron chi connectivity index (χ1n) is 10.1. The molecule has 2 aromatic carbocycles. The van der Waals surface area contributed by atoms with Crippen molar-refractivity contribution in [1.29, 1.82) is 0 Å². The summed E-state index contributed by atoms with van der Waals surface area (Å²) in [6, 6.07) is 12.3. The molecule has 1 saturated carbocycles. The van der Waals surface area contributed by atoms with Crippen molar-refractivity contribution < 1.29 is 22.8 Å². The van der Waals surface area contributed by atoms with Crippen molar-refractivity contribution in [1.82, 2.24) is 15.5 Å². The van der Waals surface area contributed by atoms with E-state index in [4.69, 9.17) is 16.1 Å². The Bertz CT molecular complexity index is 1080. The molecule has 168 valence electrons. The van der Waals surface area contributed by atoms with Crippen LogP contribution in [0.3, 0.4) is 0 Å². The molecule has 0 bridgehead atoms. The topological polar surface area (TPSA) is 89.3 Å². The predicted octanol–water partition coefficient (Wildman–Crippen LogP) is 5.97. The normalized spacial score (nSPS) is 15.4. The Morgan fingerprint density at radius 1 is 1.12 bits per heavy atom. The lowest BCUT2D eigenvalue weighted by atomic mass is 9.97. The minimum Gasteiger partial charge on any atom is -0.433 e. The van der Waals surface area contributed by atoms with Crippen molar-refractivity contribution in [2.24, 2.45) is 0 Å². The van der Waals surface area contributed by atoms with Crippen LogP contribution >= 0.6 is 11.6 Å². The van der Waals surface area contributed by atoms with Gasteiger partial charge >= 0.3 is 12.1 Å². The Morgan fingerprint density at radius 2 is 1.78 bits per heavy atom. The molecule has 0 atom stereocenters. The maximum atomic E-state index is 13.0. The highest BCUT2D eigenvalue weighted by atomic mass is 35.5. The second-order valence-corrected chi connectivity index (χ2v) is 8.17. The quantitative estimate of drug-likeness (QED) is 0.471. The van der Waals surface area contributed by atoms with Crippen molar-refractivity contribution in [2.45, 2.75) is 44.3 Å². The summed E-state index contributed by atoms with van der Waals surface area (Å²) in [5, 5.41) is 10.4. The molecule has 0 spiro atoms. The van der Waals surface area contributed by atoms with Gasteiger partial charge in [0, 0.05) is 23.2 Å². The molecule has 1 aromatic heterocycles. The summed E-state index contributed by atoms with van der Waals surface area (Å²) in [4.78, 5) is 17.1. The van der Waals surface area contributed by atoms with E-state index < -0.39 is 17.7 Å². The summed E-state index contributed by atoms with van der Waals surface area (Å²) in [6.45, 7) is 0.670. The summed E-state index contributed by atoms with van der Waals surface area (Å²) in [6.07, 6.45) is -0.164. The molecule has 1 fully saturated rings. The molecule has 10 heteroatoms. The van der Waals surface area contributed by atoms with Gasteiger partial charge in [0.15, 0.2) is 0 Å². The molecule has 3 aromatic rings. The molecule has 4 rings (SSSR count). The monoisotopic (exact) mass is 462 g/mol. The van der Waals surface area contributed by atoms with E-state index in [1.165, 1.54) is 12.1 Å². The molecule has 1 heterocycles. The van der Waals surface area contributed by atoms with E-state index in [1.807, 2.05) is 0 Å². The third-order valence-corrected chi connectivity index (χ3v) is 5.41. The lowest BCUT2D eigenvalue weighted by molar-refractivity contribution is -0.158. The van der Waals surface area contributed by atoms with Gasteiger partial charge in [-0.25, -0.2) is 4.79 Å². The Hall–Kier alpha value is -3.20. The van der Waals surface area contributed by atoms with Crippen LogP contribution in [0.5, 0.6) is 5.75 Å². The van der Waals surface area contributed by atoms with Crippen LogP contribution in [0.4, 0.5) is 19.3 Å². The van der Waals surface area contributed by atoms with Crippen LogP contribution in [0.1, 0.15) is 38.5 Å². The number of alkyl halides is 2. The van der Waals surface area contributed by atoms with E-state index in [1.54, 1.807) is 36.4 Å². The smallest absolute Gasteiger partial charge is 0.394 e.